The van der Waals surface area contributed by atoms with Crippen LogP contribution in [0.2, 0.25) is 0 Å². The second-order valence-electron chi connectivity index (χ2n) is 7.45. The zero-order valence-electron chi connectivity index (χ0n) is 14.2. The van der Waals surface area contributed by atoms with Gasteiger partial charge in [-0.2, -0.15) is 0 Å². The lowest BCUT2D eigenvalue weighted by atomic mass is 9.59. The van der Waals surface area contributed by atoms with Crippen molar-refractivity contribution in [1.29, 1.82) is 0 Å². The Hall–Kier alpha value is -2.08. The molecule has 0 N–H and O–H groups in total. The monoisotopic (exact) mass is 300 g/mol. The summed E-state index contributed by atoms with van der Waals surface area (Å²) in [7, 11) is 0. The molecule has 0 heterocycles. The maximum absolute atomic E-state index is 2.48. The van der Waals surface area contributed by atoms with E-state index >= 15 is 0 Å². The standard InChI is InChI=1S/C23H24/c1-16(2)23(3,21-14-12-17-8-4-6-10-19(17)21)22-15-13-18-9-5-7-11-20(18)22/h4-16,21-22H,1-3H3. The molecule has 0 spiro atoms. The predicted molar refractivity (Wildman–Crippen MR) is 99.4 cm³/mol. The molecule has 116 valence electrons. The SMILES string of the molecule is CC(C)C(C)(C1C=Cc2ccccc21)C1C=Cc2ccccc21. The van der Waals surface area contributed by atoms with Gasteiger partial charge in [-0.15, -0.1) is 0 Å². The molecule has 2 aromatic carbocycles. The largest absolute Gasteiger partial charge is 0.0758 e. The van der Waals surface area contributed by atoms with Gasteiger partial charge in [0.2, 0.25) is 0 Å². The fourth-order valence-corrected chi connectivity index (χ4v) is 4.50. The van der Waals surface area contributed by atoms with Crippen molar-refractivity contribution in [2.75, 3.05) is 0 Å². The van der Waals surface area contributed by atoms with Gasteiger partial charge in [0.15, 0.2) is 0 Å². The van der Waals surface area contributed by atoms with Crippen LogP contribution in [0.15, 0.2) is 60.7 Å². The Morgan fingerprint density at radius 1 is 0.739 bits per heavy atom. The van der Waals surface area contributed by atoms with Crippen LogP contribution in [-0.2, 0) is 0 Å². The maximum atomic E-state index is 2.48. The molecule has 0 bridgehead atoms. The van der Waals surface area contributed by atoms with Crippen molar-refractivity contribution >= 4 is 12.2 Å². The zero-order valence-corrected chi connectivity index (χ0v) is 14.2. The van der Waals surface area contributed by atoms with E-state index in [4.69, 9.17) is 0 Å². The van der Waals surface area contributed by atoms with Gasteiger partial charge in [-0.1, -0.05) is 93.6 Å². The molecular formula is C23H24. The Labute approximate surface area is 139 Å². The molecule has 23 heavy (non-hydrogen) atoms. The number of fused-ring (bicyclic) bond motifs is 2. The fraction of sp³-hybridized carbons (Fsp3) is 0.304. The van der Waals surface area contributed by atoms with Crippen molar-refractivity contribution in [1.82, 2.24) is 0 Å². The van der Waals surface area contributed by atoms with E-state index in [0.717, 1.165) is 0 Å². The molecule has 0 fully saturated rings. The molecule has 0 nitrogen and oxygen atoms in total. The van der Waals surface area contributed by atoms with Gasteiger partial charge in [0.1, 0.15) is 0 Å². The van der Waals surface area contributed by atoms with Crippen LogP contribution >= 0.6 is 0 Å². The third kappa shape index (κ3) is 2.05. The van der Waals surface area contributed by atoms with Gasteiger partial charge < -0.3 is 0 Å². The normalized spacial score (nSPS) is 23.8. The van der Waals surface area contributed by atoms with Crippen LogP contribution in [0.4, 0.5) is 0 Å². The Morgan fingerprint density at radius 2 is 1.17 bits per heavy atom. The van der Waals surface area contributed by atoms with Crippen molar-refractivity contribution in [3.05, 3.63) is 82.9 Å². The number of rotatable bonds is 3. The molecule has 0 saturated heterocycles. The number of benzene rings is 2. The molecule has 0 amide bonds. The summed E-state index contributed by atoms with van der Waals surface area (Å²) in [6.07, 6.45) is 9.48. The molecular weight excluding hydrogens is 276 g/mol. The van der Waals surface area contributed by atoms with Gasteiger partial charge in [0, 0.05) is 11.8 Å². The second kappa shape index (κ2) is 5.23. The molecule has 4 rings (SSSR count). The van der Waals surface area contributed by atoms with Crippen LogP contribution in [-0.4, -0.2) is 0 Å². The van der Waals surface area contributed by atoms with Gasteiger partial charge in [-0.05, 0) is 33.6 Å². The minimum Gasteiger partial charge on any atom is -0.0758 e. The summed E-state index contributed by atoms with van der Waals surface area (Å²) in [5, 5.41) is 0. The highest BCUT2D eigenvalue weighted by atomic mass is 14.5. The third-order valence-electron chi connectivity index (χ3n) is 6.18. The summed E-state index contributed by atoms with van der Waals surface area (Å²) >= 11 is 0. The molecule has 2 aliphatic carbocycles. The van der Waals surface area contributed by atoms with E-state index in [-0.39, 0.29) is 5.41 Å². The van der Waals surface area contributed by atoms with Crippen LogP contribution in [0.3, 0.4) is 0 Å². The molecule has 0 saturated carbocycles. The van der Waals surface area contributed by atoms with Crippen LogP contribution in [0.5, 0.6) is 0 Å². The highest BCUT2D eigenvalue weighted by Crippen LogP contribution is 2.57. The molecule has 0 aliphatic heterocycles. The Morgan fingerprint density at radius 3 is 1.61 bits per heavy atom. The first-order valence-electron chi connectivity index (χ1n) is 8.66. The van der Waals surface area contributed by atoms with Gasteiger partial charge in [-0.25, -0.2) is 0 Å². The Bertz CT molecular complexity index is 730. The molecule has 2 aliphatic rings. The van der Waals surface area contributed by atoms with Gasteiger partial charge in [-0.3, -0.25) is 0 Å². The Kier molecular flexibility index (Phi) is 3.30. The summed E-state index contributed by atoms with van der Waals surface area (Å²) in [5.41, 5.74) is 5.92. The smallest absolute Gasteiger partial charge is 0.00923 e. The van der Waals surface area contributed by atoms with E-state index in [1.165, 1.54) is 22.3 Å². The molecule has 0 heteroatoms. The van der Waals surface area contributed by atoms with E-state index in [0.29, 0.717) is 17.8 Å². The lowest BCUT2D eigenvalue weighted by molar-refractivity contribution is 0.167. The maximum Gasteiger partial charge on any atom is 0.00923 e. The minimum absolute atomic E-state index is 0.173. The summed E-state index contributed by atoms with van der Waals surface area (Å²) < 4.78 is 0. The fourth-order valence-electron chi connectivity index (χ4n) is 4.50. The molecule has 2 atom stereocenters. The van der Waals surface area contributed by atoms with E-state index in [1.807, 2.05) is 0 Å². The summed E-state index contributed by atoms with van der Waals surface area (Å²) in [6, 6.07) is 17.7. The average Bonchev–Trinajstić information content (AvgIpc) is 3.18. The number of hydrogen-bond acceptors (Lipinski definition) is 0. The topological polar surface area (TPSA) is 0 Å². The van der Waals surface area contributed by atoms with Crippen LogP contribution in [0.25, 0.3) is 12.2 Å². The van der Waals surface area contributed by atoms with E-state index in [1.54, 1.807) is 0 Å². The predicted octanol–water partition coefficient (Wildman–Crippen LogP) is 6.27. The quantitative estimate of drug-likeness (QED) is 0.626. The van der Waals surface area contributed by atoms with E-state index in [2.05, 4.69) is 93.6 Å². The second-order valence-corrected chi connectivity index (χ2v) is 7.45. The molecule has 2 aromatic rings. The Balaban J connectivity index is 1.84. The summed E-state index contributed by atoms with van der Waals surface area (Å²) in [4.78, 5) is 0. The zero-order chi connectivity index (χ0) is 16.0. The molecule has 0 aromatic heterocycles. The molecule has 2 unspecified atom stereocenters. The highest BCUT2D eigenvalue weighted by molar-refractivity contribution is 5.66. The van der Waals surface area contributed by atoms with E-state index in [9.17, 15) is 0 Å². The first-order valence-corrected chi connectivity index (χ1v) is 8.66. The number of allylic oxidation sites excluding steroid dienone is 2. The highest BCUT2D eigenvalue weighted by Gasteiger charge is 2.46. The van der Waals surface area contributed by atoms with Crippen LogP contribution < -0.4 is 0 Å². The van der Waals surface area contributed by atoms with Crippen LogP contribution in [0.1, 0.15) is 54.9 Å². The van der Waals surface area contributed by atoms with Crippen molar-refractivity contribution < 1.29 is 0 Å². The first-order chi connectivity index (χ1) is 11.1. The van der Waals surface area contributed by atoms with Crippen molar-refractivity contribution in [2.24, 2.45) is 11.3 Å². The van der Waals surface area contributed by atoms with Crippen LogP contribution in [0, 0.1) is 11.3 Å². The number of hydrogen-bond donors (Lipinski definition) is 0. The van der Waals surface area contributed by atoms with Gasteiger partial charge in [0.05, 0.1) is 0 Å². The lowest BCUT2D eigenvalue weighted by Crippen LogP contribution is -2.35. The minimum atomic E-state index is 0.173. The van der Waals surface area contributed by atoms with Crippen molar-refractivity contribution in [3.63, 3.8) is 0 Å². The summed E-state index contributed by atoms with van der Waals surface area (Å²) in [5.74, 6) is 1.53. The third-order valence-corrected chi connectivity index (χ3v) is 6.18. The lowest BCUT2D eigenvalue weighted by Gasteiger charge is -2.44. The van der Waals surface area contributed by atoms with Gasteiger partial charge >= 0.3 is 0 Å². The average molecular weight is 300 g/mol. The molecule has 0 radical (unpaired) electrons. The summed E-state index contributed by atoms with van der Waals surface area (Å²) in [6.45, 7) is 7.24. The van der Waals surface area contributed by atoms with Crippen molar-refractivity contribution in [2.45, 2.75) is 32.6 Å². The van der Waals surface area contributed by atoms with E-state index < -0.39 is 0 Å². The van der Waals surface area contributed by atoms with Crippen molar-refractivity contribution in [3.8, 4) is 0 Å². The first kappa shape index (κ1) is 14.5. The van der Waals surface area contributed by atoms with Gasteiger partial charge in [0.25, 0.3) is 0 Å².